The number of rotatable bonds is 11. The van der Waals surface area contributed by atoms with E-state index in [0.29, 0.717) is 18.1 Å². The van der Waals surface area contributed by atoms with E-state index in [-0.39, 0.29) is 24.0 Å². The summed E-state index contributed by atoms with van der Waals surface area (Å²) in [7, 11) is 0. The van der Waals surface area contributed by atoms with Crippen molar-refractivity contribution in [1.29, 1.82) is 0 Å². The molecule has 1 fully saturated rings. The van der Waals surface area contributed by atoms with E-state index in [1.54, 1.807) is 0 Å². The van der Waals surface area contributed by atoms with Gasteiger partial charge in [0, 0.05) is 63.9 Å². The fraction of sp³-hybridized carbons (Fsp3) is 0.952. The second-order valence-corrected chi connectivity index (χ2v) is 8.24. The Hall–Kier alpha value is -0.120. The lowest BCUT2D eigenvalue weighted by Gasteiger charge is -2.37. The van der Waals surface area contributed by atoms with Crippen LogP contribution in [-0.4, -0.2) is 97.7 Å². The topological polar surface area (TPSA) is 46.1 Å². The standard InChI is InChI=1S/C21H46N6.HI/c1-8-22-21(23-11-10-12-27(18(3)4)19(5)6)24-17-20(7)26-15-13-25(9-2)14-16-26;/h18-20H,8-17H2,1-7H3,(H2,22,23,24);1H. The summed E-state index contributed by atoms with van der Waals surface area (Å²) in [6, 6.07) is 1.69. The number of piperazine rings is 1. The van der Waals surface area contributed by atoms with Gasteiger partial charge in [0.25, 0.3) is 0 Å². The average Bonchev–Trinajstić information content (AvgIpc) is 2.64. The minimum absolute atomic E-state index is 0. The predicted octanol–water partition coefficient (Wildman–Crippen LogP) is 2.69. The van der Waals surface area contributed by atoms with Gasteiger partial charge in [-0.05, 0) is 54.5 Å². The maximum Gasteiger partial charge on any atom is 0.191 e. The van der Waals surface area contributed by atoms with Crippen molar-refractivity contribution < 1.29 is 0 Å². The monoisotopic (exact) mass is 510 g/mol. The quantitative estimate of drug-likeness (QED) is 0.194. The van der Waals surface area contributed by atoms with Crippen molar-refractivity contribution in [3.8, 4) is 0 Å². The Morgan fingerprint density at radius 2 is 1.57 bits per heavy atom. The highest BCUT2D eigenvalue weighted by Gasteiger charge is 2.20. The Labute approximate surface area is 191 Å². The van der Waals surface area contributed by atoms with Crippen LogP contribution in [0.15, 0.2) is 4.99 Å². The van der Waals surface area contributed by atoms with Crippen LogP contribution in [-0.2, 0) is 0 Å². The molecule has 1 rings (SSSR count). The maximum atomic E-state index is 4.84. The fourth-order valence-electron chi connectivity index (χ4n) is 3.78. The number of hydrogen-bond acceptors (Lipinski definition) is 4. The highest BCUT2D eigenvalue weighted by molar-refractivity contribution is 14.0. The Kier molecular flexibility index (Phi) is 15.6. The van der Waals surface area contributed by atoms with Crippen LogP contribution in [0, 0.1) is 0 Å². The number of nitrogens with one attached hydrogen (secondary N) is 2. The Balaban J connectivity index is 0.00000729. The molecule has 7 heteroatoms. The molecule has 1 aliphatic heterocycles. The molecule has 0 aromatic heterocycles. The molecule has 1 aliphatic rings. The summed E-state index contributed by atoms with van der Waals surface area (Å²) < 4.78 is 0. The molecule has 1 saturated heterocycles. The van der Waals surface area contributed by atoms with Gasteiger partial charge in [0.1, 0.15) is 0 Å². The first-order valence-electron chi connectivity index (χ1n) is 11.1. The second-order valence-electron chi connectivity index (χ2n) is 8.24. The van der Waals surface area contributed by atoms with Crippen molar-refractivity contribution in [2.45, 2.75) is 73.0 Å². The largest absolute Gasteiger partial charge is 0.357 e. The molecule has 0 spiro atoms. The molecular weight excluding hydrogens is 463 g/mol. The highest BCUT2D eigenvalue weighted by Crippen LogP contribution is 2.07. The molecule has 0 bridgehead atoms. The van der Waals surface area contributed by atoms with Crippen LogP contribution in [0.5, 0.6) is 0 Å². The van der Waals surface area contributed by atoms with E-state index < -0.39 is 0 Å². The van der Waals surface area contributed by atoms with Gasteiger partial charge < -0.3 is 15.5 Å². The molecule has 1 heterocycles. The molecule has 0 radical (unpaired) electrons. The molecule has 168 valence electrons. The number of aliphatic imine (C=N–C) groups is 1. The molecule has 0 saturated carbocycles. The van der Waals surface area contributed by atoms with Crippen molar-refractivity contribution in [1.82, 2.24) is 25.3 Å². The lowest BCUT2D eigenvalue weighted by molar-refractivity contribution is 0.109. The number of likely N-dealkylation sites (N-methyl/N-ethyl adjacent to an activating group) is 1. The molecule has 1 unspecified atom stereocenters. The smallest absolute Gasteiger partial charge is 0.191 e. The van der Waals surface area contributed by atoms with Crippen molar-refractivity contribution in [2.75, 3.05) is 58.9 Å². The minimum Gasteiger partial charge on any atom is -0.357 e. The zero-order chi connectivity index (χ0) is 20.2. The van der Waals surface area contributed by atoms with Gasteiger partial charge in [0.15, 0.2) is 5.96 Å². The molecular formula is C21H47IN6. The maximum absolute atomic E-state index is 4.84. The summed E-state index contributed by atoms with van der Waals surface area (Å²) in [5.74, 6) is 0.956. The minimum atomic E-state index is 0. The van der Waals surface area contributed by atoms with Gasteiger partial charge >= 0.3 is 0 Å². The Morgan fingerprint density at radius 1 is 0.964 bits per heavy atom. The van der Waals surface area contributed by atoms with E-state index in [9.17, 15) is 0 Å². The van der Waals surface area contributed by atoms with Crippen LogP contribution in [0.2, 0.25) is 0 Å². The van der Waals surface area contributed by atoms with Crippen molar-refractivity contribution in [3.05, 3.63) is 0 Å². The summed E-state index contributed by atoms with van der Waals surface area (Å²) in [5, 5.41) is 6.90. The zero-order valence-corrected chi connectivity index (χ0v) is 21.8. The molecule has 6 nitrogen and oxygen atoms in total. The molecule has 0 aliphatic carbocycles. The van der Waals surface area contributed by atoms with Gasteiger partial charge in [-0.3, -0.25) is 14.8 Å². The van der Waals surface area contributed by atoms with E-state index in [1.165, 1.54) is 19.6 Å². The first kappa shape index (κ1) is 27.9. The van der Waals surface area contributed by atoms with Crippen LogP contribution < -0.4 is 10.6 Å². The lowest BCUT2D eigenvalue weighted by Crippen LogP contribution is -2.50. The normalized spacial score (nSPS) is 17.9. The van der Waals surface area contributed by atoms with Crippen LogP contribution in [0.25, 0.3) is 0 Å². The Bertz CT molecular complexity index is 400. The second kappa shape index (κ2) is 15.7. The first-order valence-corrected chi connectivity index (χ1v) is 11.1. The summed E-state index contributed by atoms with van der Waals surface area (Å²) in [5.41, 5.74) is 0. The van der Waals surface area contributed by atoms with Gasteiger partial charge in [0.2, 0.25) is 0 Å². The third-order valence-electron chi connectivity index (χ3n) is 5.55. The van der Waals surface area contributed by atoms with Crippen molar-refractivity contribution in [2.24, 2.45) is 4.99 Å². The number of guanidine groups is 1. The van der Waals surface area contributed by atoms with Crippen LogP contribution >= 0.6 is 24.0 Å². The number of hydrogen-bond donors (Lipinski definition) is 2. The van der Waals surface area contributed by atoms with Gasteiger partial charge in [0.05, 0.1) is 6.54 Å². The van der Waals surface area contributed by atoms with E-state index in [4.69, 9.17) is 4.99 Å². The van der Waals surface area contributed by atoms with Crippen molar-refractivity contribution in [3.63, 3.8) is 0 Å². The van der Waals surface area contributed by atoms with E-state index in [2.05, 4.69) is 73.8 Å². The van der Waals surface area contributed by atoms with Gasteiger partial charge in [-0.25, -0.2) is 0 Å². The highest BCUT2D eigenvalue weighted by atomic mass is 127. The fourth-order valence-corrected chi connectivity index (χ4v) is 3.78. The van der Waals surface area contributed by atoms with Gasteiger partial charge in [-0.2, -0.15) is 0 Å². The molecule has 0 aromatic rings. The first-order chi connectivity index (χ1) is 12.9. The van der Waals surface area contributed by atoms with Crippen LogP contribution in [0.1, 0.15) is 54.9 Å². The molecule has 0 amide bonds. The van der Waals surface area contributed by atoms with Crippen molar-refractivity contribution >= 4 is 29.9 Å². The van der Waals surface area contributed by atoms with E-state index in [0.717, 1.165) is 51.6 Å². The van der Waals surface area contributed by atoms with Gasteiger partial charge in [-0.15, -0.1) is 24.0 Å². The third-order valence-corrected chi connectivity index (χ3v) is 5.55. The third kappa shape index (κ3) is 10.6. The number of halogens is 1. The van der Waals surface area contributed by atoms with E-state index in [1.807, 2.05) is 0 Å². The van der Waals surface area contributed by atoms with Crippen LogP contribution in [0.3, 0.4) is 0 Å². The lowest BCUT2D eigenvalue weighted by atomic mass is 10.2. The molecule has 28 heavy (non-hydrogen) atoms. The SMILES string of the molecule is CCNC(=NCC(C)N1CCN(CC)CC1)NCCCN(C(C)C)C(C)C.I. The summed E-state index contributed by atoms with van der Waals surface area (Å²) in [6.07, 6.45) is 1.13. The Morgan fingerprint density at radius 3 is 2.07 bits per heavy atom. The van der Waals surface area contributed by atoms with Gasteiger partial charge in [-0.1, -0.05) is 6.92 Å². The summed E-state index contributed by atoms with van der Waals surface area (Å²) >= 11 is 0. The number of nitrogens with zero attached hydrogens (tertiary/aromatic N) is 4. The predicted molar refractivity (Wildman–Crippen MR) is 134 cm³/mol. The van der Waals surface area contributed by atoms with Crippen LogP contribution in [0.4, 0.5) is 0 Å². The zero-order valence-electron chi connectivity index (χ0n) is 19.5. The molecule has 2 N–H and O–H groups in total. The van der Waals surface area contributed by atoms with E-state index >= 15 is 0 Å². The molecule has 0 aromatic carbocycles. The summed E-state index contributed by atoms with van der Waals surface area (Å²) in [4.78, 5) is 12.5. The summed E-state index contributed by atoms with van der Waals surface area (Å²) in [6.45, 7) is 25.5. The molecule has 1 atom stereocenters. The average molecular weight is 511 g/mol.